The Labute approximate surface area is 209 Å². The second kappa shape index (κ2) is 11.0. The lowest BCUT2D eigenvalue weighted by Crippen LogP contribution is -2.15. The molecule has 0 aliphatic rings. The highest BCUT2D eigenvalue weighted by Crippen LogP contribution is 2.36. The summed E-state index contributed by atoms with van der Waals surface area (Å²) in [5, 5.41) is 0.986. The van der Waals surface area contributed by atoms with Crippen molar-refractivity contribution >= 4 is 28.7 Å². The molecule has 4 aromatic rings. The fraction of sp³-hybridized carbons (Fsp3) is 0.167. The van der Waals surface area contributed by atoms with Crippen molar-refractivity contribution < 1.29 is 23.5 Å². The summed E-state index contributed by atoms with van der Waals surface area (Å²) in [5.74, 6) is -1.18. The Morgan fingerprint density at radius 1 is 0.972 bits per heavy atom. The zero-order valence-electron chi connectivity index (χ0n) is 20.3. The van der Waals surface area contributed by atoms with E-state index >= 15 is 0 Å². The predicted octanol–water partition coefficient (Wildman–Crippen LogP) is 6.61. The lowest BCUT2D eigenvalue weighted by molar-refractivity contribution is -0.135. The van der Waals surface area contributed by atoms with Gasteiger partial charge in [0, 0.05) is 22.1 Å². The van der Waals surface area contributed by atoms with Crippen LogP contribution in [0.1, 0.15) is 41.4 Å². The number of ketones is 1. The molecule has 1 aromatic heterocycles. The van der Waals surface area contributed by atoms with Crippen LogP contribution >= 0.6 is 0 Å². The first-order valence-electron chi connectivity index (χ1n) is 11.6. The number of benzene rings is 3. The van der Waals surface area contributed by atoms with Crippen molar-refractivity contribution in [2.45, 2.75) is 19.8 Å². The number of hydrogen-bond acceptors (Lipinski definition) is 5. The summed E-state index contributed by atoms with van der Waals surface area (Å²) in [5.41, 5.74) is 4.91. The summed E-state index contributed by atoms with van der Waals surface area (Å²) in [6.45, 7) is 4.46. The summed E-state index contributed by atoms with van der Waals surface area (Å²) >= 11 is 0. The number of para-hydroxylation sites is 1. The molecule has 0 radical (unpaired) electrons. The van der Waals surface area contributed by atoms with E-state index in [0.717, 1.165) is 33.3 Å². The molecule has 0 unspecified atom stereocenters. The monoisotopic (exact) mass is 483 g/mol. The molecule has 182 valence electrons. The van der Waals surface area contributed by atoms with Crippen LogP contribution in [0.25, 0.3) is 28.1 Å². The molecular weight excluding hydrogens is 457 g/mol. The SMILES string of the molecule is COC(=O)C(=O)c1ccc(OCC=Cc2c(C(C)C)nc3ccccc3c2-c2ccc(F)cc2)cc1. The standard InChI is InChI=1S/C30H26FNO4/c1-19(2)28-25(8-6-18-36-23-16-12-21(13-17-23)29(33)30(34)35-3)27(20-10-14-22(31)15-11-20)24-7-4-5-9-26(24)32-28/h4-17,19H,18H2,1-3H3. The number of fused-ring (bicyclic) bond motifs is 1. The lowest BCUT2D eigenvalue weighted by atomic mass is 9.90. The average molecular weight is 484 g/mol. The Kier molecular flexibility index (Phi) is 7.54. The number of aromatic nitrogens is 1. The number of carbonyl (C=O) groups excluding carboxylic acids is 2. The Balaban J connectivity index is 1.64. The van der Waals surface area contributed by atoms with Crippen molar-refractivity contribution in [2.24, 2.45) is 0 Å². The van der Waals surface area contributed by atoms with Crippen LogP contribution in [0.4, 0.5) is 4.39 Å². The van der Waals surface area contributed by atoms with Gasteiger partial charge in [-0.2, -0.15) is 0 Å². The van der Waals surface area contributed by atoms with Crippen LogP contribution in [0.3, 0.4) is 0 Å². The van der Waals surface area contributed by atoms with Crippen LogP contribution in [0, 0.1) is 5.82 Å². The zero-order chi connectivity index (χ0) is 25.7. The van der Waals surface area contributed by atoms with Crippen molar-refractivity contribution in [3.05, 3.63) is 102 Å². The molecule has 0 amide bonds. The number of rotatable bonds is 8. The minimum absolute atomic E-state index is 0.161. The molecule has 0 saturated heterocycles. The van der Waals surface area contributed by atoms with Gasteiger partial charge in [0.05, 0.1) is 18.3 Å². The van der Waals surface area contributed by atoms with Gasteiger partial charge in [-0.05, 0) is 60.0 Å². The van der Waals surface area contributed by atoms with Crippen molar-refractivity contribution in [1.82, 2.24) is 4.98 Å². The molecule has 0 aliphatic heterocycles. The van der Waals surface area contributed by atoms with E-state index in [9.17, 15) is 14.0 Å². The third-order valence-corrected chi connectivity index (χ3v) is 5.76. The molecule has 1 heterocycles. The number of hydrogen-bond donors (Lipinski definition) is 0. The molecule has 0 bridgehead atoms. The van der Waals surface area contributed by atoms with Crippen LogP contribution in [0.15, 0.2) is 78.9 Å². The molecule has 5 nitrogen and oxygen atoms in total. The topological polar surface area (TPSA) is 65.5 Å². The second-order valence-corrected chi connectivity index (χ2v) is 8.52. The lowest BCUT2D eigenvalue weighted by Gasteiger charge is -2.17. The van der Waals surface area contributed by atoms with Gasteiger partial charge in [0.15, 0.2) is 0 Å². The number of halogens is 1. The van der Waals surface area contributed by atoms with E-state index in [1.165, 1.54) is 31.4 Å². The van der Waals surface area contributed by atoms with Crippen LogP contribution in [-0.2, 0) is 9.53 Å². The minimum Gasteiger partial charge on any atom is -0.490 e. The summed E-state index contributed by atoms with van der Waals surface area (Å²) in [6, 6.07) is 20.7. The summed E-state index contributed by atoms with van der Waals surface area (Å²) in [7, 11) is 1.17. The van der Waals surface area contributed by atoms with Gasteiger partial charge < -0.3 is 9.47 Å². The van der Waals surface area contributed by atoms with Crippen molar-refractivity contribution in [2.75, 3.05) is 13.7 Å². The molecule has 0 fully saturated rings. The number of Topliss-reactive ketones (excluding diaryl/α,β-unsaturated/α-hetero) is 1. The van der Waals surface area contributed by atoms with E-state index in [1.807, 2.05) is 36.4 Å². The smallest absolute Gasteiger partial charge is 0.379 e. The molecule has 3 aromatic carbocycles. The Hall–Kier alpha value is -4.32. The van der Waals surface area contributed by atoms with Gasteiger partial charge in [0.25, 0.3) is 5.78 Å². The average Bonchev–Trinajstić information content (AvgIpc) is 2.90. The number of nitrogens with zero attached hydrogens (tertiary/aromatic N) is 1. The van der Waals surface area contributed by atoms with Gasteiger partial charge in [-0.25, -0.2) is 9.18 Å². The number of methoxy groups -OCH3 is 1. The van der Waals surface area contributed by atoms with E-state index in [-0.39, 0.29) is 23.9 Å². The van der Waals surface area contributed by atoms with E-state index in [4.69, 9.17) is 9.72 Å². The summed E-state index contributed by atoms with van der Waals surface area (Å²) in [4.78, 5) is 28.2. The first-order chi connectivity index (χ1) is 17.4. The molecule has 0 aliphatic carbocycles. The van der Waals surface area contributed by atoms with Crippen molar-refractivity contribution in [1.29, 1.82) is 0 Å². The maximum Gasteiger partial charge on any atom is 0.379 e. The number of ether oxygens (including phenoxy) is 2. The Bertz CT molecular complexity index is 1420. The van der Waals surface area contributed by atoms with Gasteiger partial charge in [-0.1, -0.05) is 50.3 Å². The second-order valence-electron chi connectivity index (χ2n) is 8.52. The fourth-order valence-corrected chi connectivity index (χ4v) is 4.01. The largest absolute Gasteiger partial charge is 0.490 e. The molecular formula is C30H26FNO4. The minimum atomic E-state index is -0.909. The first-order valence-corrected chi connectivity index (χ1v) is 11.6. The van der Waals surface area contributed by atoms with E-state index in [0.29, 0.717) is 5.75 Å². The normalized spacial score (nSPS) is 11.2. The van der Waals surface area contributed by atoms with Crippen LogP contribution in [0.2, 0.25) is 0 Å². The van der Waals surface area contributed by atoms with Crippen LogP contribution in [0.5, 0.6) is 5.75 Å². The van der Waals surface area contributed by atoms with Gasteiger partial charge in [0.2, 0.25) is 0 Å². The van der Waals surface area contributed by atoms with E-state index < -0.39 is 11.8 Å². The highest BCUT2D eigenvalue weighted by Gasteiger charge is 2.18. The number of pyridine rings is 1. The molecule has 0 N–H and O–H groups in total. The van der Waals surface area contributed by atoms with Gasteiger partial charge in [-0.15, -0.1) is 0 Å². The van der Waals surface area contributed by atoms with Crippen LogP contribution < -0.4 is 4.74 Å². The zero-order valence-corrected chi connectivity index (χ0v) is 20.3. The molecule has 6 heteroatoms. The van der Waals surface area contributed by atoms with Gasteiger partial charge in [0.1, 0.15) is 18.2 Å². The third kappa shape index (κ3) is 5.33. The van der Waals surface area contributed by atoms with Gasteiger partial charge in [-0.3, -0.25) is 9.78 Å². The molecule has 4 rings (SSSR count). The quantitative estimate of drug-likeness (QED) is 0.160. The Morgan fingerprint density at radius 2 is 1.67 bits per heavy atom. The highest BCUT2D eigenvalue weighted by molar-refractivity contribution is 6.40. The summed E-state index contributed by atoms with van der Waals surface area (Å²) in [6.07, 6.45) is 3.89. The van der Waals surface area contributed by atoms with E-state index in [2.05, 4.69) is 18.6 Å². The summed E-state index contributed by atoms with van der Waals surface area (Å²) < 4.78 is 24.0. The fourth-order valence-electron chi connectivity index (χ4n) is 4.01. The maximum atomic E-state index is 13.7. The number of esters is 1. The highest BCUT2D eigenvalue weighted by atomic mass is 19.1. The van der Waals surface area contributed by atoms with Crippen molar-refractivity contribution in [3.63, 3.8) is 0 Å². The van der Waals surface area contributed by atoms with Gasteiger partial charge >= 0.3 is 5.97 Å². The first kappa shape index (κ1) is 24.8. The predicted molar refractivity (Wildman–Crippen MR) is 139 cm³/mol. The molecule has 0 saturated carbocycles. The molecule has 0 spiro atoms. The number of carbonyl (C=O) groups is 2. The molecule has 0 atom stereocenters. The Morgan fingerprint density at radius 3 is 2.33 bits per heavy atom. The van der Waals surface area contributed by atoms with E-state index in [1.54, 1.807) is 24.3 Å². The maximum absolute atomic E-state index is 13.7. The third-order valence-electron chi connectivity index (χ3n) is 5.76. The molecule has 36 heavy (non-hydrogen) atoms. The van der Waals surface area contributed by atoms with Crippen molar-refractivity contribution in [3.8, 4) is 16.9 Å². The van der Waals surface area contributed by atoms with Crippen LogP contribution in [-0.4, -0.2) is 30.5 Å².